The maximum atomic E-state index is 12.4. The normalized spacial score (nSPS) is 13.3. The smallest absolute Gasteiger partial charge is 0.462 e. The Balaban J connectivity index is 4.06. The van der Waals surface area contributed by atoms with Gasteiger partial charge in [0.15, 0.2) is 6.10 Å². The van der Waals surface area contributed by atoms with Crippen molar-refractivity contribution in [3.05, 3.63) is 72.9 Å². The van der Waals surface area contributed by atoms with Gasteiger partial charge in [-0.1, -0.05) is 132 Å². The second kappa shape index (κ2) is 36.3. The summed E-state index contributed by atoms with van der Waals surface area (Å²) in [5.74, 6) is -0.949. The van der Waals surface area contributed by atoms with Crippen molar-refractivity contribution in [3.8, 4) is 0 Å². The second-order valence-corrected chi connectivity index (χ2v) is 13.8. The van der Waals surface area contributed by atoms with Crippen molar-refractivity contribution in [1.29, 1.82) is 0 Å². The highest BCUT2D eigenvalue weighted by Gasteiger charge is 2.22. The zero-order valence-electron chi connectivity index (χ0n) is 31.3. The number of phosphoric acid groups is 1. The number of hydrogen-bond donors (Lipinski definition) is 2. The molecule has 0 aliphatic carbocycles. The minimum Gasteiger partial charge on any atom is -0.462 e. The average Bonchev–Trinajstić information content (AvgIpc) is 3.08. The number of carbonyl (C=O) groups excluding carboxylic acids is 2. The lowest BCUT2D eigenvalue weighted by molar-refractivity contribution is -0.161. The summed E-state index contributed by atoms with van der Waals surface area (Å²) in [5.41, 5.74) is 0. The lowest BCUT2D eigenvalue weighted by Crippen LogP contribution is -2.29. The third-order valence-electron chi connectivity index (χ3n) is 7.71. The zero-order chi connectivity index (χ0) is 36.8. The molecular weight excluding hydrogens is 651 g/mol. The van der Waals surface area contributed by atoms with Crippen molar-refractivity contribution in [2.75, 3.05) is 13.2 Å². The van der Waals surface area contributed by atoms with Gasteiger partial charge in [0.1, 0.15) is 6.61 Å². The number of allylic oxidation sites excluding steroid dienone is 12. The summed E-state index contributed by atoms with van der Waals surface area (Å²) in [7, 11) is -4.77. The average molecular weight is 721 g/mol. The summed E-state index contributed by atoms with van der Waals surface area (Å²) in [6.45, 7) is 3.48. The van der Waals surface area contributed by atoms with E-state index in [1.54, 1.807) is 0 Å². The molecule has 0 amide bonds. The topological polar surface area (TPSA) is 119 Å². The van der Waals surface area contributed by atoms with Gasteiger partial charge in [0.2, 0.25) is 0 Å². The highest BCUT2D eigenvalue weighted by molar-refractivity contribution is 7.46. The first-order valence-electron chi connectivity index (χ1n) is 19.2. The van der Waals surface area contributed by atoms with Crippen LogP contribution in [-0.4, -0.2) is 41.0 Å². The Morgan fingerprint density at radius 1 is 0.540 bits per heavy atom. The van der Waals surface area contributed by atoms with Crippen LogP contribution in [0.25, 0.3) is 0 Å². The Morgan fingerprint density at radius 2 is 0.960 bits per heavy atom. The molecule has 0 unspecified atom stereocenters. The molecule has 0 heterocycles. The molecule has 0 aromatic rings. The summed E-state index contributed by atoms with van der Waals surface area (Å²) < 4.78 is 26.3. The molecular formula is C41H69O8P. The number of unbranched alkanes of at least 4 members (excludes halogenated alkanes) is 12. The minimum absolute atomic E-state index is 0.190. The molecule has 0 aliphatic heterocycles. The van der Waals surface area contributed by atoms with Crippen molar-refractivity contribution in [1.82, 2.24) is 0 Å². The molecule has 0 saturated heterocycles. The van der Waals surface area contributed by atoms with E-state index in [0.29, 0.717) is 12.8 Å². The Hall–Kier alpha value is -2.51. The molecule has 286 valence electrons. The highest BCUT2D eigenvalue weighted by atomic mass is 31.2. The molecule has 0 aromatic heterocycles. The molecule has 0 spiro atoms. The maximum absolute atomic E-state index is 12.4. The van der Waals surface area contributed by atoms with Gasteiger partial charge < -0.3 is 19.3 Å². The van der Waals surface area contributed by atoms with E-state index >= 15 is 0 Å². The van der Waals surface area contributed by atoms with Crippen LogP contribution in [0, 0.1) is 0 Å². The summed E-state index contributed by atoms with van der Waals surface area (Å²) >= 11 is 0. The third-order valence-corrected chi connectivity index (χ3v) is 8.19. The molecule has 0 aromatic carbocycles. The molecule has 2 N–H and O–H groups in total. The van der Waals surface area contributed by atoms with Crippen molar-refractivity contribution in [3.63, 3.8) is 0 Å². The summed E-state index contributed by atoms with van der Waals surface area (Å²) in [6.07, 6.45) is 46.2. The van der Waals surface area contributed by atoms with Crippen LogP contribution in [0.2, 0.25) is 0 Å². The van der Waals surface area contributed by atoms with Crippen molar-refractivity contribution in [2.24, 2.45) is 0 Å². The number of esters is 2. The van der Waals surface area contributed by atoms with E-state index in [-0.39, 0.29) is 19.4 Å². The second-order valence-electron chi connectivity index (χ2n) is 12.5. The Kier molecular flexibility index (Phi) is 34.5. The van der Waals surface area contributed by atoms with Gasteiger partial charge in [-0.2, -0.15) is 0 Å². The minimum atomic E-state index is -4.77. The SMILES string of the molecule is CC/C=C\C/C=C\C/C=C\C/C=C\CCCCC(=O)OC[C@H](COP(=O)(O)O)OC(=O)CCCCCCCCC/C=C\C/C=C\CCCCC. The van der Waals surface area contributed by atoms with E-state index in [0.717, 1.165) is 70.6 Å². The molecule has 0 bridgehead atoms. The van der Waals surface area contributed by atoms with Gasteiger partial charge in [-0.25, -0.2) is 4.57 Å². The van der Waals surface area contributed by atoms with Crippen molar-refractivity contribution < 1.29 is 37.9 Å². The molecule has 0 saturated carbocycles. The summed E-state index contributed by atoms with van der Waals surface area (Å²) in [6, 6.07) is 0. The van der Waals surface area contributed by atoms with E-state index < -0.39 is 32.5 Å². The van der Waals surface area contributed by atoms with Crippen LogP contribution in [0.15, 0.2) is 72.9 Å². The Morgan fingerprint density at radius 3 is 1.48 bits per heavy atom. The van der Waals surface area contributed by atoms with E-state index in [2.05, 4.69) is 91.3 Å². The van der Waals surface area contributed by atoms with Crippen molar-refractivity contribution >= 4 is 19.8 Å². The Bertz CT molecular complexity index is 1040. The van der Waals surface area contributed by atoms with Crippen LogP contribution in [0.3, 0.4) is 0 Å². The number of carbonyl (C=O) groups is 2. The summed E-state index contributed by atoms with van der Waals surface area (Å²) in [5, 5.41) is 0. The van der Waals surface area contributed by atoms with E-state index in [1.807, 2.05) is 0 Å². The first-order valence-corrected chi connectivity index (χ1v) is 20.8. The third kappa shape index (κ3) is 38.3. The number of hydrogen-bond acceptors (Lipinski definition) is 6. The standard InChI is InChI=1S/C41H69O8P/c1-3-5-7-9-11-13-15-17-19-20-22-24-26-28-30-32-34-36-41(43)49-39(38-48-50(44,45)46)37-47-40(42)35-33-31-29-27-25-23-21-18-16-14-12-10-8-6-4-2/h6,8,11-14,17-19,21,25,27,39H,3-5,7,9-10,15-16,20,22-24,26,28-38H2,1-2H3,(H2,44,45,46)/b8-6-,13-11-,14-12-,19-17-,21-18-,27-25-/t39-/m1/s1. The first-order chi connectivity index (χ1) is 24.3. The number of ether oxygens (including phenoxy) is 2. The maximum Gasteiger partial charge on any atom is 0.469 e. The van der Waals surface area contributed by atoms with Gasteiger partial charge in [0.25, 0.3) is 0 Å². The first kappa shape index (κ1) is 47.5. The fourth-order valence-corrected chi connectivity index (χ4v) is 5.22. The molecule has 8 nitrogen and oxygen atoms in total. The van der Waals surface area contributed by atoms with E-state index in [1.165, 1.54) is 44.9 Å². The molecule has 0 fully saturated rings. The lowest BCUT2D eigenvalue weighted by atomic mass is 10.1. The van der Waals surface area contributed by atoms with E-state index in [9.17, 15) is 14.2 Å². The Labute approximate surface area is 304 Å². The van der Waals surface area contributed by atoms with Gasteiger partial charge in [0, 0.05) is 12.8 Å². The van der Waals surface area contributed by atoms with Crippen LogP contribution in [0.1, 0.15) is 155 Å². The largest absolute Gasteiger partial charge is 0.469 e. The molecule has 1 atom stereocenters. The molecule has 0 radical (unpaired) electrons. The highest BCUT2D eigenvalue weighted by Crippen LogP contribution is 2.36. The van der Waals surface area contributed by atoms with Crippen molar-refractivity contribution in [2.45, 2.75) is 161 Å². The van der Waals surface area contributed by atoms with Gasteiger partial charge in [-0.3, -0.25) is 14.1 Å². The van der Waals surface area contributed by atoms with Crippen LogP contribution in [0.5, 0.6) is 0 Å². The van der Waals surface area contributed by atoms with Gasteiger partial charge in [0.05, 0.1) is 6.61 Å². The van der Waals surface area contributed by atoms with Gasteiger partial charge in [-0.05, 0) is 83.5 Å². The molecule has 0 rings (SSSR count). The number of rotatable bonds is 34. The summed E-state index contributed by atoms with van der Waals surface area (Å²) in [4.78, 5) is 42.7. The monoisotopic (exact) mass is 720 g/mol. The molecule has 50 heavy (non-hydrogen) atoms. The van der Waals surface area contributed by atoms with Crippen LogP contribution in [0.4, 0.5) is 0 Å². The zero-order valence-corrected chi connectivity index (χ0v) is 32.2. The van der Waals surface area contributed by atoms with Crippen LogP contribution < -0.4 is 0 Å². The van der Waals surface area contributed by atoms with Crippen LogP contribution >= 0.6 is 7.82 Å². The fraction of sp³-hybridized carbons (Fsp3) is 0.659. The van der Waals surface area contributed by atoms with Gasteiger partial charge in [-0.15, -0.1) is 0 Å². The van der Waals surface area contributed by atoms with Crippen LogP contribution in [-0.2, 0) is 28.2 Å². The number of phosphoric ester groups is 1. The fourth-order valence-electron chi connectivity index (χ4n) is 4.86. The molecule has 0 aliphatic rings. The predicted octanol–water partition coefficient (Wildman–Crippen LogP) is 11.5. The quantitative estimate of drug-likeness (QED) is 0.0292. The predicted molar refractivity (Wildman–Crippen MR) is 207 cm³/mol. The van der Waals surface area contributed by atoms with Gasteiger partial charge >= 0.3 is 19.8 Å². The molecule has 9 heteroatoms. The van der Waals surface area contributed by atoms with E-state index in [4.69, 9.17) is 19.3 Å². The lowest BCUT2D eigenvalue weighted by Gasteiger charge is -2.18.